The van der Waals surface area contributed by atoms with Gasteiger partial charge >= 0.3 is 6.09 Å². The number of nitrogens with zero attached hydrogens (tertiary/aromatic N) is 2. The third-order valence-corrected chi connectivity index (χ3v) is 16.3. The lowest BCUT2D eigenvalue weighted by molar-refractivity contribution is -0.144. The van der Waals surface area contributed by atoms with Crippen LogP contribution in [-0.4, -0.2) is 82.7 Å². The molecule has 4 heterocycles. The number of benzene rings is 1. The molecule has 1 aromatic carbocycles. The van der Waals surface area contributed by atoms with Gasteiger partial charge in [0.05, 0.1) is 17.0 Å². The highest BCUT2D eigenvalue weighted by molar-refractivity contribution is 7.91. The molecule has 3 aliphatic heterocycles. The van der Waals surface area contributed by atoms with Crippen LogP contribution in [0.15, 0.2) is 30.4 Å². The summed E-state index contributed by atoms with van der Waals surface area (Å²) >= 11 is 0. The molecule has 9 rings (SSSR count). The lowest BCUT2D eigenvalue weighted by Gasteiger charge is -2.48. The number of pyridine rings is 1. The first-order valence-electron chi connectivity index (χ1n) is 21.4. The van der Waals surface area contributed by atoms with E-state index in [4.69, 9.17) is 14.5 Å². The molecule has 13 nitrogen and oxygen atoms in total. The van der Waals surface area contributed by atoms with Crippen molar-refractivity contribution in [2.24, 2.45) is 5.92 Å². The Hall–Kier alpha value is -4.27. The number of sulfonamides is 1. The summed E-state index contributed by atoms with van der Waals surface area (Å²) in [4.78, 5) is 63.6. The molecule has 7 aliphatic rings. The first kappa shape index (κ1) is 39.2. The highest BCUT2D eigenvalue weighted by Crippen LogP contribution is 2.51. The maximum absolute atomic E-state index is 15.1. The van der Waals surface area contributed by atoms with E-state index >= 15 is 4.39 Å². The number of rotatable bonds is 6. The van der Waals surface area contributed by atoms with Gasteiger partial charge < -0.3 is 25.0 Å². The van der Waals surface area contributed by atoms with Crippen LogP contribution in [0.4, 0.5) is 9.18 Å². The summed E-state index contributed by atoms with van der Waals surface area (Å²) in [7, 11) is -4.02. The SMILES string of the molecule is CC1(S(=O)(=O)NC(=O)[C@@]23CC[C@H]2/C=C\CCCCC[C@@H](NC(=O)OC2CCCC2)C(=O)N2C[C@@]4(CCc5c(c(C6CC6)nc6c(F)cccc56)O4)C[C@H]2C(=O)N3)CC1. The molecule has 0 bridgehead atoms. The van der Waals surface area contributed by atoms with Crippen LogP contribution >= 0.6 is 0 Å². The van der Waals surface area contributed by atoms with Gasteiger partial charge in [0.2, 0.25) is 21.8 Å². The number of aromatic nitrogens is 1. The Bertz CT molecular complexity index is 2170. The third kappa shape index (κ3) is 7.12. The molecule has 5 atom stereocenters. The van der Waals surface area contributed by atoms with E-state index in [2.05, 4.69) is 15.4 Å². The van der Waals surface area contributed by atoms with E-state index in [1.165, 1.54) is 11.0 Å². The molecule has 4 aliphatic carbocycles. The standard InChI is InChI=1S/C43H54FN5O8S/c1-41(22-23-41)58(54,55)48-39(52)43-21-18-27(43)10-5-3-2-4-6-15-32(45-40(53)56-28-11-7-8-12-28)38(51)49-25-42(24-33(49)37(50)47-43)20-19-30-29-13-9-14-31(44)35(29)46-34(26-16-17-26)36(30)57-42/h5,9-10,13-14,26-28,32-33H,2-4,6-8,11-12,15-25H2,1H3,(H,45,53)(H,47,50)(H,48,52)/b10-5-/t27-,32-,33+,42-,43-/m1/s1. The summed E-state index contributed by atoms with van der Waals surface area (Å²) in [5.41, 5.74) is -0.732. The van der Waals surface area contributed by atoms with Crippen LogP contribution in [-0.2, 0) is 35.6 Å². The summed E-state index contributed by atoms with van der Waals surface area (Å²) in [6.45, 7) is 1.63. The third-order valence-electron chi connectivity index (χ3n) is 14.1. The lowest BCUT2D eigenvalue weighted by Crippen LogP contribution is -2.70. The normalized spacial score (nSPS) is 31.7. The van der Waals surface area contributed by atoms with Crippen LogP contribution in [0.25, 0.3) is 10.9 Å². The molecule has 3 N–H and O–H groups in total. The summed E-state index contributed by atoms with van der Waals surface area (Å²) in [6, 6.07) is 2.81. The highest BCUT2D eigenvalue weighted by atomic mass is 32.2. The van der Waals surface area contributed by atoms with E-state index in [0.29, 0.717) is 73.7 Å². The zero-order valence-corrected chi connectivity index (χ0v) is 34.0. The Morgan fingerprint density at radius 3 is 2.50 bits per heavy atom. The minimum Gasteiger partial charge on any atom is -0.483 e. The Balaban J connectivity index is 1.07. The smallest absolute Gasteiger partial charge is 0.408 e. The first-order chi connectivity index (χ1) is 27.8. The molecule has 4 saturated carbocycles. The minimum atomic E-state index is -4.02. The molecule has 1 aromatic heterocycles. The summed E-state index contributed by atoms with van der Waals surface area (Å²) in [6.07, 6.45) is 14.2. The molecule has 5 fully saturated rings. The number of hydrogen-bond acceptors (Lipinski definition) is 9. The summed E-state index contributed by atoms with van der Waals surface area (Å²) < 4.78 is 55.9. The zero-order valence-electron chi connectivity index (χ0n) is 33.2. The van der Waals surface area contributed by atoms with Gasteiger partial charge in [-0.2, -0.15) is 0 Å². The van der Waals surface area contributed by atoms with Crippen molar-refractivity contribution in [2.75, 3.05) is 6.54 Å². The maximum atomic E-state index is 15.1. The molecule has 4 amide bonds. The number of ether oxygens (including phenoxy) is 2. The van der Waals surface area contributed by atoms with E-state index in [1.807, 2.05) is 18.2 Å². The van der Waals surface area contributed by atoms with Gasteiger partial charge in [-0.05, 0) is 109 Å². The monoisotopic (exact) mass is 819 g/mol. The van der Waals surface area contributed by atoms with Crippen molar-refractivity contribution < 1.29 is 41.5 Å². The van der Waals surface area contributed by atoms with Crippen LogP contribution in [0, 0.1) is 11.7 Å². The molecule has 312 valence electrons. The number of aryl methyl sites for hydroxylation is 1. The number of hydrogen-bond donors (Lipinski definition) is 3. The van der Waals surface area contributed by atoms with Gasteiger partial charge in [0.1, 0.15) is 46.4 Å². The number of carbonyl (C=O) groups is 4. The molecule has 58 heavy (non-hydrogen) atoms. The van der Waals surface area contributed by atoms with Gasteiger partial charge in [-0.15, -0.1) is 0 Å². The second-order valence-electron chi connectivity index (χ2n) is 18.3. The van der Waals surface area contributed by atoms with E-state index in [0.717, 1.165) is 56.9 Å². The molecule has 15 heteroatoms. The molecule has 2 aromatic rings. The van der Waals surface area contributed by atoms with E-state index < -0.39 is 73.5 Å². The van der Waals surface area contributed by atoms with Gasteiger partial charge in [-0.1, -0.05) is 37.1 Å². The average molecular weight is 820 g/mol. The molecule has 1 spiro atoms. The van der Waals surface area contributed by atoms with Crippen molar-refractivity contribution >= 4 is 44.7 Å². The number of allylic oxidation sites excluding steroid dienone is 1. The minimum absolute atomic E-state index is 0.0275. The van der Waals surface area contributed by atoms with E-state index in [9.17, 15) is 27.6 Å². The lowest BCUT2D eigenvalue weighted by atomic mass is 9.65. The number of fused-ring (bicyclic) bond motifs is 5. The number of para-hydroxylation sites is 1. The van der Waals surface area contributed by atoms with Crippen LogP contribution in [0.2, 0.25) is 0 Å². The van der Waals surface area contributed by atoms with Crippen LogP contribution in [0.1, 0.15) is 133 Å². The second kappa shape index (κ2) is 14.8. The summed E-state index contributed by atoms with van der Waals surface area (Å²) in [5, 5.41) is 6.56. The van der Waals surface area contributed by atoms with Gasteiger partial charge in [0.15, 0.2) is 0 Å². The topological polar surface area (TPSA) is 173 Å². The first-order valence-corrected chi connectivity index (χ1v) is 22.9. The van der Waals surface area contributed by atoms with E-state index in [1.54, 1.807) is 13.0 Å². The number of amides is 4. The summed E-state index contributed by atoms with van der Waals surface area (Å²) in [5.74, 6) is -1.98. The maximum Gasteiger partial charge on any atom is 0.408 e. The van der Waals surface area contributed by atoms with Crippen molar-refractivity contribution in [1.82, 2.24) is 25.2 Å². The fourth-order valence-electron chi connectivity index (χ4n) is 9.88. The number of carbonyl (C=O) groups excluding carboxylic acids is 4. The quantitative estimate of drug-likeness (QED) is 0.308. The number of halogens is 1. The van der Waals surface area contributed by atoms with Gasteiger partial charge in [0, 0.05) is 29.2 Å². The van der Waals surface area contributed by atoms with Gasteiger partial charge in [0.25, 0.3) is 5.91 Å². The Morgan fingerprint density at radius 2 is 1.78 bits per heavy atom. The fraction of sp³-hybridized carbons (Fsp3) is 0.651. The van der Waals surface area contributed by atoms with E-state index in [-0.39, 0.29) is 31.4 Å². The molecule has 0 unspecified atom stereocenters. The molecule has 1 saturated heterocycles. The number of alkyl carbamates (subject to hydrolysis) is 1. The van der Waals surface area contributed by atoms with Crippen molar-refractivity contribution in [1.29, 1.82) is 0 Å². The Kier molecular flexibility index (Phi) is 9.99. The predicted molar refractivity (Wildman–Crippen MR) is 212 cm³/mol. The Labute approximate surface area is 338 Å². The second-order valence-corrected chi connectivity index (χ2v) is 20.4. The Morgan fingerprint density at radius 1 is 1.00 bits per heavy atom. The van der Waals surface area contributed by atoms with Crippen molar-refractivity contribution in [2.45, 2.75) is 162 Å². The van der Waals surface area contributed by atoms with Crippen LogP contribution in [0.3, 0.4) is 0 Å². The molecular formula is C43H54FN5O8S. The molecule has 0 radical (unpaired) electrons. The van der Waals surface area contributed by atoms with Crippen molar-refractivity contribution in [3.05, 3.63) is 47.4 Å². The predicted octanol–water partition coefficient (Wildman–Crippen LogP) is 5.74. The van der Waals surface area contributed by atoms with Gasteiger partial charge in [-0.25, -0.2) is 22.6 Å². The van der Waals surface area contributed by atoms with Crippen LogP contribution in [0.5, 0.6) is 5.75 Å². The van der Waals surface area contributed by atoms with Crippen molar-refractivity contribution in [3.63, 3.8) is 0 Å². The highest BCUT2D eigenvalue weighted by Gasteiger charge is 2.60. The van der Waals surface area contributed by atoms with Gasteiger partial charge in [-0.3, -0.25) is 19.1 Å². The molecular weight excluding hydrogens is 766 g/mol. The van der Waals surface area contributed by atoms with Crippen molar-refractivity contribution in [3.8, 4) is 5.75 Å². The van der Waals surface area contributed by atoms with Crippen LogP contribution < -0.4 is 20.1 Å². The number of nitrogens with one attached hydrogen (secondary N) is 3. The zero-order chi connectivity index (χ0) is 40.5. The largest absolute Gasteiger partial charge is 0.483 e. The fourth-order valence-corrected chi connectivity index (χ4v) is 11.2. The average Bonchev–Trinajstić information content (AvgIpc) is 4.09.